The lowest BCUT2D eigenvalue weighted by Gasteiger charge is -2.16. The molecule has 106 valence electrons. The molecule has 0 amide bonds. The van der Waals surface area contributed by atoms with Gasteiger partial charge in [0.05, 0.1) is 0 Å². The van der Waals surface area contributed by atoms with Crippen LogP contribution in [0.3, 0.4) is 0 Å². The maximum Gasteiger partial charge on any atom is 0.170 e. The fraction of sp³-hybridized carbons (Fsp3) is 0.462. The van der Waals surface area contributed by atoms with Gasteiger partial charge in [0.25, 0.3) is 0 Å². The summed E-state index contributed by atoms with van der Waals surface area (Å²) in [5.74, 6) is 0.558. The zero-order valence-electron chi connectivity index (χ0n) is 11.2. The lowest BCUT2D eigenvalue weighted by atomic mass is 10.1. The molecule has 4 N–H and O–H groups in total. The Kier molecular flexibility index (Phi) is 6.66. The highest BCUT2D eigenvalue weighted by Crippen LogP contribution is 2.11. The number of oxime groups is 1. The van der Waals surface area contributed by atoms with Crippen LogP contribution in [0, 0.1) is 5.82 Å². The van der Waals surface area contributed by atoms with Gasteiger partial charge in [-0.3, -0.25) is 0 Å². The molecular weight excluding hydrogens is 265 g/mol. The molecule has 0 saturated heterocycles. The average Bonchev–Trinajstić information content (AvgIpc) is 2.43. The van der Waals surface area contributed by atoms with Gasteiger partial charge in [-0.1, -0.05) is 24.2 Å². The smallest absolute Gasteiger partial charge is 0.170 e. The maximum atomic E-state index is 13.8. The Balaban J connectivity index is 2.70. The van der Waals surface area contributed by atoms with Crippen molar-refractivity contribution in [2.24, 2.45) is 10.9 Å². The molecule has 1 aromatic carbocycles. The van der Waals surface area contributed by atoms with Crippen molar-refractivity contribution in [3.63, 3.8) is 0 Å². The van der Waals surface area contributed by atoms with Crippen LogP contribution in [0.2, 0.25) is 0 Å². The van der Waals surface area contributed by atoms with E-state index in [1.807, 2.05) is 0 Å². The zero-order chi connectivity index (χ0) is 14.3. The van der Waals surface area contributed by atoms with Crippen molar-refractivity contribution in [1.29, 1.82) is 0 Å². The summed E-state index contributed by atoms with van der Waals surface area (Å²) >= 11 is 1.77. The number of nitrogens with two attached hydrogens (primary N) is 1. The third kappa shape index (κ3) is 4.72. The largest absolute Gasteiger partial charge is 0.409 e. The summed E-state index contributed by atoms with van der Waals surface area (Å²) in [5.41, 5.74) is 6.36. The second kappa shape index (κ2) is 8.01. The van der Waals surface area contributed by atoms with Crippen LogP contribution in [0.25, 0.3) is 0 Å². The van der Waals surface area contributed by atoms with Crippen molar-refractivity contribution in [2.45, 2.75) is 25.9 Å². The molecule has 0 aliphatic rings. The maximum absolute atomic E-state index is 13.8. The van der Waals surface area contributed by atoms with Crippen LogP contribution in [0.5, 0.6) is 0 Å². The van der Waals surface area contributed by atoms with E-state index in [0.29, 0.717) is 23.7 Å². The number of rotatable bonds is 7. The minimum absolute atomic E-state index is 0.0905. The van der Waals surface area contributed by atoms with Crippen LogP contribution >= 0.6 is 11.8 Å². The third-order valence-electron chi connectivity index (χ3n) is 2.90. The van der Waals surface area contributed by atoms with Crippen molar-refractivity contribution in [2.75, 3.05) is 12.0 Å². The molecule has 6 heteroatoms. The zero-order valence-corrected chi connectivity index (χ0v) is 12.0. The van der Waals surface area contributed by atoms with E-state index in [1.54, 1.807) is 23.9 Å². The summed E-state index contributed by atoms with van der Waals surface area (Å²) in [6, 6.07) is 4.95. The minimum atomic E-state index is -0.351. The van der Waals surface area contributed by atoms with E-state index in [1.165, 1.54) is 6.07 Å². The predicted molar refractivity (Wildman–Crippen MR) is 78.2 cm³/mol. The number of benzene rings is 1. The third-order valence-corrected chi connectivity index (χ3v) is 3.63. The van der Waals surface area contributed by atoms with Gasteiger partial charge in [-0.15, -0.1) is 0 Å². The normalized spacial score (nSPS) is 13.5. The molecule has 19 heavy (non-hydrogen) atoms. The van der Waals surface area contributed by atoms with Gasteiger partial charge in [-0.2, -0.15) is 11.8 Å². The van der Waals surface area contributed by atoms with Gasteiger partial charge in [0.1, 0.15) is 5.82 Å². The first kappa shape index (κ1) is 15.8. The molecule has 0 aliphatic carbocycles. The number of halogens is 1. The standard InChI is InChI=1S/C13H20FN3OS/c1-3-11(8-19-2)16-7-10-5-4-9(6-12(10)14)13(15)17-18/h4-6,11,16,18H,3,7-8H2,1-2H3,(H2,15,17). The summed E-state index contributed by atoms with van der Waals surface area (Å²) in [6.45, 7) is 2.58. The van der Waals surface area contributed by atoms with Crippen LogP contribution in [0.1, 0.15) is 24.5 Å². The first-order valence-electron chi connectivity index (χ1n) is 6.11. The summed E-state index contributed by atoms with van der Waals surface area (Å²) < 4.78 is 13.8. The lowest BCUT2D eigenvalue weighted by Crippen LogP contribution is -2.30. The fourth-order valence-corrected chi connectivity index (χ4v) is 2.44. The monoisotopic (exact) mass is 285 g/mol. The number of nitrogens with one attached hydrogen (secondary N) is 1. The molecule has 0 fully saturated rings. The first-order valence-corrected chi connectivity index (χ1v) is 7.50. The molecule has 0 radical (unpaired) electrons. The Morgan fingerprint density at radius 2 is 2.32 bits per heavy atom. The Bertz CT molecular complexity index is 440. The average molecular weight is 285 g/mol. The second-order valence-electron chi connectivity index (χ2n) is 4.23. The predicted octanol–water partition coefficient (Wildman–Crippen LogP) is 2.15. The summed E-state index contributed by atoms with van der Waals surface area (Å²) in [6.07, 6.45) is 3.06. The SMILES string of the molecule is CCC(CSC)NCc1ccc(/C(N)=N/O)cc1F. The Morgan fingerprint density at radius 3 is 2.84 bits per heavy atom. The highest BCUT2D eigenvalue weighted by atomic mass is 32.2. The number of hydrogen-bond acceptors (Lipinski definition) is 4. The van der Waals surface area contributed by atoms with Gasteiger partial charge in [-0.25, -0.2) is 4.39 Å². The number of nitrogens with zero attached hydrogens (tertiary/aromatic N) is 1. The van der Waals surface area contributed by atoms with Crippen molar-refractivity contribution in [1.82, 2.24) is 5.32 Å². The highest BCUT2D eigenvalue weighted by Gasteiger charge is 2.09. The molecule has 4 nitrogen and oxygen atoms in total. The van der Waals surface area contributed by atoms with E-state index >= 15 is 0 Å². The molecule has 0 heterocycles. The number of hydrogen-bond donors (Lipinski definition) is 3. The highest BCUT2D eigenvalue weighted by molar-refractivity contribution is 7.98. The Labute approximate surface area is 117 Å². The lowest BCUT2D eigenvalue weighted by molar-refractivity contribution is 0.318. The molecule has 0 spiro atoms. The van der Waals surface area contributed by atoms with Crippen LogP contribution in [0.15, 0.2) is 23.4 Å². The molecule has 0 bridgehead atoms. The van der Waals surface area contributed by atoms with Crippen LogP contribution < -0.4 is 11.1 Å². The molecule has 1 aromatic rings. The van der Waals surface area contributed by atoms with Gasteiger partial charge in [-0.05, 0) is 18.7 Å². The van der Waals surface area contributed by atoms with Gasteiger partial charge in [0.15, 0.2) is 5.84 Å². The quantitative estimate of drug-likeness (QED) is 0.311. The topological polar surface area (TPSA) is 70.6 Å². The van der Waals surface area contributed by atoms with Crippen LogP contribution in [-0.2, 0) is 6.54 Å². The van der Waals surface area contributed by atoms with E-state index in [4.69, 9.17) is 10.9 Å². The van der Waals surface area contributed by atoms with Crippen molar-refractivity contribution < 1.29 is 9.60 Å². The molecule has 1 rings (SSSR count). The summed E-state index contributed by atoms with van der Waals surface area (Å²) in [4.78, 5) is 0. The van der Waals surface area contributed by atoms with E-state index < -0.39 is 0 Å². The molecule has 0 aromatic heterocycles. The number of thioether (sulfide) groups is 1. The van der Waals surface area contributed by atoms with E-state index in [2.05, 4.69) is 23.7 Å². The van der Waals surface area contributed by atoms with Crippen LogP contribution in [0.4, 0.5) is 4.39 Å². The molecule has 1 unspecified atom stereocenters. The molecule has 0 aliphatic heterocycles. The minimum Gasteiger partial charge on any atom is -0.409 e. The van der Waals surface area contributed by atoms with Crippen molar-refractivity contribution >= 4 is 17.6 Å². The second-order valence-corrected chi connectivity index (χ2v) is 5.14. The van der Waals surface area contributed by atoms with E-state index in [9.17, 15) is 4.39 Å². The summed E-state index contributed by atoms with van der Waals surface area (Å²) in [7, 11) is 0. The van der Waals surface area contributed by atoms with Gasteiger partial charge >= 0.3 is 0 Å². The van der Waals surface area contributed by atoms with Crippen molar-refractivity contribution in [3.05, 3.63) is 35.1 Å². The number of amidine groups is 1. The fourth-order valence-electron chi connectivity index (χ4n) is 1.68. The van der Waals surface area contributed by atoms with E-state index in [-0.39, 0.29) is 11.7 Å². The molecular formula is C13H20FN3OS. The van der Waals surface area contributed by atoms with Gasteiger partial charge in [0, 0.05) is 29.5 Å². The van der Waals surface area contributed by atoms with E-state index in [0.717, 1.165) is 12.2 Å². The summed E-state index contributed by atoms with van der Waals surface area (Å²) in [5, 5.41) is 14.7. The Morgan fingerprint density at radius 1 is 1.58 bits per heavy atom. The van der Waals surface area contributed by atoms with Crippen molar-refractivity contribution in [3.8, 4) is 0 Å². The van der Waals surface area contributed by atoms with Crippen LogP contribution in [-0.4, -0.2) is 29.1 Å². The van der Waals surface area contributed by atoms with Gasteiger partial charge in [0.2, 0.25) is 0 Å². The molecule has 1 atom stereocenters. The molecule has 0 saturated carbocycles. The first-order chi connectivity index (χ1) is 9.12. The van der Waals surface area contributed by atoms with Gasteiger partial charge < -0.3 is 16.3 Å². The Hall–Kier alpha value is -1.27.